The minimum atomic E-state index is -0.968. The number of nitrogens with zero attached hydrogens (tertiary/aromatic N) is 9. The number of aryl methyl sites for hydroxylation is 1. The number of hydrogen-bond donors (Lipinski definition) is 1. The number of halogens is 4. The predicted molar refractivity (Wildman–Crippen MR) is 157 cm³/mol. The van der Waals surface area contributed by atoms with Crippen molar-refractivity contribution in [2.45, 2.75) is 38.5 Å². The van der Waals surface area contributed by atoms with Crippen LogP contribution in [0.5, 0.6) is 0 Å². The fraction of sp³-hybridized carbons (Fsp3) is 0.296. The first-order valence-corrected chi connectivity index (χ1v) is 14.1. The fourth-order valence-electron chi connectivity index (χ4n) is 4.67. The first kappa shape index (κ1) is 29.4. The molecule has 3 aromatic heterocycles. The lowest BCUT2D eigenvalue weighted by molar-refractivity contribution is -0.131. The van der Waals surface area contributed by atoms with Gasteiger partial charge in [-0.05, 0) is 31.0 Å². The fourth-order valence-corrected chi connectivity index (χ4v) is 5.06. The van der Waals surface area contributed by atoms with E-state index in [0.29, 0.717) is 17.0 Å². The lowest BCUT2D eigenvalue weighted by Crippen LogP contribution is -2.43. The number of fused-ring (bicyclic) bond motifs is 1. The molecule has 1 aliphatic rings. The van der Waals surface area contributed by atoms with Crippen LogP contribution in [0.4, 0.5) is 20.4 Å². The third-order valence-electron chi connectivity index (χ3n) is 7.19. The lowest BCUT2D eigenvalue weighted by Gasteiger charge is -2.16. The van der Waals surface area contributed by atoms with E-state index >= 15 is 0 Å². The van der Waals surface area contributed by atoms with Crippen LogP contribution in [0.25, 0.3) is 10.9 Å². The molecule has 1 N–H and O–H groups in total. The molecule has 0 bridgehead atoms. The van der Waals surface area contributed by atoms with Crippen LogP contribution >= 0.6 is 23.2 Å². The van der Waals surface area contributed by atoms with E-state index < -0.39 is 29.6 Å². The molecule has 1 amide bonds. The quantitative estimate of drug-likeness (QED) is 0.242. The second kappa shape index (κ2) is 11.5. The van der Waals surface area contributed by atoms with Gasteiger partial charge >= 0.3 is 11.4 Å². The van der Waals surface area contributed by atoms with Gasteiger partial charge in [0, 0.05) is 43.4 Å². The van der Waals surface area contributed by atoms with E-state index in [2.05, 4.69) is 25.5 Å². The molecule has 0 spiro atoms. The molecule has 2 aromatic carbocycles. The van der Waals surface area contributed by atoms with E-state index in [1.54, 1.807) is 37.3 Å². The van der Waals surface area contributed by atoms with E-state index in [1.807, 2.05) is 0 Å². The molecule has 1 aliphatic carbocycles. The van der Waals surface area contributed by atoms with Crippen molar-refractivity contribution in [1.82, 2.24) is 43.6 Å². The Kier molecular flexibility index (Phi) is 7.67. The molecule has 0 radical (unpaired) electrons. The zero-order chi connectivity index (χ0) is 31.3. The van der Waals surface area contributed by atoms with Gasteiger partial charge in [0.25, 0.3) is 0 Å². The molecule has 0 aliphatic heterocycles. The first-order chi connectivity index (χ1) is 21.0. The molecule has 6 rings (SSSR count). The molecule has 1 saturated carbocycles. The van der Waals surface area contributed by atoms with Gasteiger partial charge in [0.05, 0.1) is 34.3 Å². The Morgan fingerprint density at radius 1 is 1.05 bits per heavy atom. The highest BCUT2D eigenvalue weighted by Gasteiger charge is 2.29. The maximum atomic E-state index is 14.8. The van der Waals surface area contributed by atoms with E-state index in [0.717, 1.165) is 28.0 Å². The number of aromatic nitrogens is 8. The highest BCUT2D eigenvalue weighted by molar-refractivity contribution is 6.34. The van der Waals surface area contributed by atoms with E-state index in [9.17, 15) is 23.2 Å². The normalized spacial score (nSPS) is 13.0. The summed E-state index contributed by atoms with van der Waals surface area (Å²) in [6.45, 7) is -0.734. The summed E-state index contributed by atoms with van der Waals surface area (Å²) < 4.78 is 33.3. The average Bonchev–Trinajstić information content (AvgIpc) is 3.63. The van der Waals surface area contributed by atoms with Gasteiger partial charge in [-0.25, -0.2) is 27.9 Å². The van der Waals surface area contributed by atoms with Crippen molar-refractivity contribution in [3.63, 3.8) is 0 Å². The Morgan fingerprint density at radius 3 is 2.52 bits per heavy atom. The molecule has 0 atom stereocenters. The second-order valence-electron chi connectivity index (χ2n) is 10.4. The Hall–Kier alpha value is -4.63. The zero-order valence-electron chi connectivity index (χ0n) is 23.3. The molecule has 13 nitrogen and oxygen atoms in total. The highest BCUT2D eigenvalue weighted by atomic mass is 35.5. The third-order valence-corrected chi connectivity index (χ3v) is 7.79. The summed E-state index contributed by atoms with van der Waals surface area (Å²) in [6, 6.07) is 5.09. The number of benzene rings is 2. The largest absolute Gasteiger partial charge is 0.355 e. The predicted octanol–water partition coefficient (Wildman–Crippen LogP) is 2.93. The first-order valence-electron chi connectivity index (χ1n) is 13.4. The van der Waals surface area contributed by atoms with Gasteiger partial charge in [-0.15, -0.1) is 0 Å². The number of rotatable bonds is 9. The monoisotopic (exact) mass is 644 g/mol. The van der Waals surface area contributed by atoms with Crippen LogP contribution in [0, 0.1) is 11.6 Å². The van der Waals surface area contributed by atoms with Gasteiger partial charge < -0.3 is 10.2 Å². The summed E-state index contributed by atoms with van der Waals surface area (Å²) in [5.74, 6) is -2.09. The average molecular weight is 645 g/mol. The van der Waals surface area contributed by atoms with Crippen molar-refractivity contribution in [1.29, 1.82) is 0 Å². The standard InChI is InChI=1S/C27H24Cl2F2N10O3/c1-37-13-32-23(36-37)11-41-26(43)34-25(40(27(41)44)10-14-5-17(28)20(31)8-19(14)30)33-22-6-15-9-39(35-21(15)7-18(22)29)12-24(42)38(2)16-3-4-16/h5-9,13,16H,3-4,10-12H2,1-2H3,(H,33,34,43). The van der Waals surface area contributed by atoms with Crippen LogP contribution in [0.1, 0.15) is 24.2 Å². The number of carbonyl (C=O) groups excluding carboxylic acids is 1. The molecule has 0 saturated heterocycles. The summed E-state index contributed by atoms with van der Waals surface area (Å²) in [6.07, 6.45) is 5.04. The van der Waals surface area contributed by atoms with Crippen molar-refractivity contribution >= 4 is 51.6 Å². The second-order valence-corrected chi connectivity index (χ2v) is 11.3. The van der Waals surface area contributed by atoms with E-state index in [1.165, 1.54) is 15.7 Å². The summed E-state index contributed by atoms with van der Waals surface area (Å²) >= 11 is 12.4. The van der Waals surface area contributed by atoms with Gasteiger partial charge in [0.1, 0.15) is 24.5 Å². The topological polar surface area (TPSA) is 138 Å². The summed E-state index contributed by atoms with van der Waals surface area (Å²) in [7, 11) is 3.39. The van der Waals surface area contributed by atoms with Crippen LogP contribution < -0.4 is 16.7 Å². The van der Waals surface area contributed by atoms with Crippen LogP contribution in [0.15, 0.2) is 46.4 Å². The van der Waals surface area contributed by atoms with Gasteiger partial charge in [0.15, 0.2) is 5.82 Å². The van der Waals surface area contributed by atoms with Crippen molar-refractivity contribution in [2.24, 2.45) is 7.05 Å². The van der Waals surface area contributed by atoms with Crippen molar-refractivity contribution in [3.8, 4) is 0 Å². The van der Waals surface area contributed by atoms with Crippen molar-refractivity contribution in [3.05, 3.63) is 90.8 Å². The van der Waals surface area contributed by atoms with Crippen LogP contribution in [-0.2, 0) is 31.5 Å². The lowest BCUT2D eigenvalue weighted by atomic mass is 10.2. The summed E-state index contributed by atoms with van der Waals surface area (Å²) in [5, 5.41) is 11.9. The summed E-state index contributed by atoms with van der Waals surface area (Å²) in [4.78, 5) is 49.1. The molecular weight excluding hydrogens is 621 g/mol. The maximum absolute atomic E-state index is 14.8. The van der Waals surface area contributed by atoms with Crippen molar-refractivity contribution < 1.29 is 13.6 Å². The Labute approximate surface area is 257 Å². The van der Waals surface area contributed by atoms with Crippen LogP contribution in [0.2, 0.25) is 10.0 Å². The Balaban J connectivity index is 1.38. The molecule has 1 fully saturated rings. The van der Waals surface area contributed by atoms with Crippen molar-refractivity contribution in [2.75, 3.05) is 12.4 Å². The SMILES string of the molecule is CN(C(=O)Cn1cc2cc(Nc3nc(=O)n(Cc4ncn(C)n4)c(=O)n3Cc3cc(Cl)c(F)cc3F)c(Cl)cc2n1)C1CC1. The Morgan fingerprint density at radius 2 is 1.82 bits per heavy atom. The number of anilines is 2. The minimum Gasteiger partial charge on any atom is -0.341 e. The van der Waals surface area contributed by atoms with Gasteiger partial charge in [-0.1, -0.05) is 23.2 Å². The third kappa shape index (κ3) is 5.92. The maximum Gasteiger partial charge on any atom is 0.355 e. The zero-order valence-corrected chi connectivity index (χ0v) is 24.9. The molecular formula is C27H24Cl2F2N10O3. The number of amides is 1. The van der Waals surface area contributed by atoms with Gasteiger partial charge in [0.2, 0.25) is 11.9 Å². The number of likely N-dealkylation sites (N-methyl/N-ethyl adjacent to an activating group) is 1. The Bertz CT molecular complexity index is 2050. The molecule has 0 unspecified atom stereocenters. The number of carbonyl (C=O) groups is 1. The number of hydrogen-bond acceptors (Lipinski definition) is 8. The molecule has 17 heteroatoms. The summed E-state index contributed by atoms with van der Waals surface area (Å²) in [5.41, 5.74) is -1.17. The van der Waals surface area contributed by atoms with Gasteiger partial charge in [-0.3, -0.25) is 18.7 Å². The van der Waals surface area contributed by atoms with Crippen LogP contribution in [0.3, 0.4) is 0 Å². The molecule has 3 heterocycles. The van der Waals surface area contributed by atoms with Gasteiger partial charge in [-0.2, -0.15) is 15.2 Å². The smallest absolute Gasteiger partial charge is 0.341 e. The molecule has 228 valence electrons. The van der Waals surface area contributed by atoms with E-state index in [4.69, 9.17) is 23.2 Å². The molecule has 44 heavy (non-hydrogen) atoms. The minimum absolute atomic E-state index is 0.0400. The highest BCUT2D eigenvalue weighted by Crippen LogP contribution is 2.30. The molecule has 5 aromatic rings. The van der Waals surface area contributed by atoms with E-state index in [-0.39, 0.29) is 58.1 Å². The van der Waals surface area contributed by atoms with Crippen LogP contribution in [-0.4, -0.2) is 62.6 Å². The number of nitrogens with one attached hydrogen (secondary N) is 1.